The van der Waals surface area contributed by atoms with E-state index in [1.165, 1.54) is 66.9 Å². The van der Waals surface area contributed by atoms with Gasteiger partial charge >= 0.3 is 5.97 Å². The summed E-state index contributed by atoms with van der Waals surface area (Å²) in [6, 6.07) is 12.9. The zero-order chi connectivity index (χ0) is 17.2. The number of ether oxygens (including phenoxy) is 1. The Bertz CT molecular complexity index is 811. The van der Waals surface area contributed by atoms with Crippen LogP contribution in [0.4, 0.5) is 0 Å². The Hall–Kier alpha value is -2.35. The quantitative estimate of drug-likeness (QED) is 0.263. The van der Waals surface area contributed by atoms with E-state index in [0.717, 1.165) is 17.7 Å². The lowest BCUT2D eigenvalue weighted by Gasteiger charge is -2.20. The number of carbonyl (C=O) groups excluding carboxylic acids is 1. The molecule has 0 amide bonds. The van der Waals surface area contributed by atoms with Gasteiger partial charge in [-0.3, -0.25) is 0 Å². The normalized spacial score (nSPS) is 16.6. The van der Waals surface area contributed by atoms with Gasteiger partial charge in [-0.15, -0.1) is 0 Å². The van der Waals surface area contributed by atoms with Gasteiger partial charge in [0, 0.05) is 18.1 Å². The fraction of sp³-hybridized carbons (Fsp3) is 0.348. The number of hydrogen-bond acceptors (Lipinski definition) is 2. The molecular weight excluding hydrogens is 308 g/mol. The van der Waals surface area contributed by atoms with Crippen LogP contribution in [0.15, 0.2) is 49.1 Å². The Labute approximate surface area is 149 Å². The predicted octanol–water partition coefficient (Wildman–Crippen LogP) is 5.79. The molecule has 0 saturated heterocycles. The van der Waals surface area contributed by atoms with Gasteiger partial charge in [0.25, 0.3) is 0 Å². The molecule has 0 bridgehead atoms. The molecule has 2 nitrogen and oxygen atoms in total. The third-order valence-corrected chi connectivity index (χ3v) is 5.63. The van der Waals surface area contributed by atoms with E-state index in [1.54, 1.807) is 0 Å². The lowest BCUT2D eigenvalue weighted by Crippen LogP contribution is -2.10. The highest BCUT2D eigenvalue weighted by Crippen LogP contribution is 2.46. The number of benzene rings is 2. The molecule has 1 saturated carbocycles. The maximum absolute atomic E-state index is 12.0. The second kappa shape index (κ2) is 6.87. The molecule has 25 heavy (non-hydrogen) atoms. The number of esters is 1. The molecule has 0 atom stereocenters. The van der Waals surface area contributed by atoms with Crippen LogP contribution in [0, 0.1) is 0 Å². The summed E-state index contributed by atoms with van der Waals surface area (Å²) in [6.07, 6.45) is 9.62. The van der Waals surface area contributed by atoms with Gasteiger partial charge in [-0.1, -0.05) is 68.7 Å². The van der Waals surface area contributed by atoms with Crippen LogP contribution in [0.2, 0.25) is 0 Å². The van der Waals surface area contributed by atoms with Crippen molar-refractivity contribution in [3.05, 3.63) is 65.7 Å². The van der Waals surface area contributed by atoms with Crippen LogP contribution >= 0.6 is 0 Å². The Morgan fingerprint density at radius 1 is 1.00 bits per heavy atom. The first-order valence-electron chi connectivity index (χ1n) is 9.36. The van der Waals surface area contributed by atoms with Crippen LogP contribution in [0.1, 0.15) is 61.1 Å². The number of hydrogen-bond donors (Lipinski definition) is 0. The highest BCUT2D eigenvalue weighted by molar-refractivity contribution is 5.86. The molecule has 2 heteroatoms. The average Bonchev–Trinajstić information content (AvgIpc) is 2.81. The third kappa shape index (κ3) is 3.02. The maximum atomic E-state index is 12.0. The topological polar surface area (TPSA) is 26.3 Å². The third-order valence-electron chi connectivity index (χ3n) is 5.63. The summed E-state index contributed by atoms with van der Waals surface area (Å²) in [6.45, 7) is 3.57. The van der Waals surface area contributed by atoms with E-state index in [9.17, 15) is 4.79 Å². The lowest BCUT2D eigenvalue weighted by molar-refractivity contribution is -0.129. The summed E-state index contributed by atoms with van der Waals surface area (Å²) in [4.78, 5) is 12.0. The van der Waals surface area contributed by atoms with Gasteiger partial charge in [-0.2, -0.15) is 0 Å². The molecule has 0 aliphatic heterocycles. The zero-order valence-electron chi connectivity index (χ0n) is 14.6. The smallest absolute Gasteiger partial charge is 0.335 e. The van der Waals surface area contributed by atoms with Crippen LogP contribution in [0.3, 0.4) is 0 Å². The predicted molar refractivity (Wildman–Crippen MR) is 101 cm³/mol. The number of carbonyl (C=O) groups is 1. The molecule has 0 unspecified atom stereocenters. The van der Waals surface area contributed by atoms with E-state index in [2.05, 4.69) is 43.0 Å². The molecule has 2 aromatic carbocycles. The minimum absolute atomic E-state index is 0.362. The fourth-order valence-corrected chi connectivity index (χ4v) is 4.38. The Kier molecular flexibility index (Phi) is 4.44. The molecule has 2 aliphatic carbocycles. The van der Waals surface area contributed by atoms with E-state index < -0.39 is 0 Å². The van der Waals surface area contributed by atoms with Crippen LogP contribution in [-0.2, 0) is 11.2 Å². The van der Waals surface area contributed by atoms with Gasteiger partial charge in [-0.05, 0) is 41.0 Å². The molecular formula is C23H24O2. The van der Waals surface area contributed by atoms with Crippen LogP contribution in [0.25, 0.3) is 11.1 Å². The molecule has 0 radical (unpaired) electrons. The average molecular weight is 332 g/mol. The minimum atomic E-state index is -0.362. The fourth-order valence-electron chi connectivity index (χ4n) is 4.38. The van der Waals surface area contributed by atoms with Gasteiger partial charge in [0.1, 0.15) is 5.75 Å². The highest BCUT2D eigenvalue weighted by atomic mass is 16.5. The van der Waals surface area contributed by atoms with E-state index in [-0.39, 0.29) is 5.97 Å². The van der Waals surface area contributed by atoms with Crippen molar-refractivity contribution in [2.24, 2.45) is 0 Å². The first-order valence-corrected chi connectivity index (χ1v) is 9.36. The van der Waals surface area contributed by atoms with E-state index >= 15 is 0 Å². The molecule has 0 aromatic heterocycles. The highest BCUT2D eigenvalue weighted by Gasteiger charge is 2.28. The van der Waals surface area contributed by atoms with Crippen molar-refractivity contribution in [3.8, 4) is 16.9 Å². The molecule has 0 N–H and O–H groups in total. The second-order valence-corrected chi connectivity index (χ2v) is 7.16. The van der Waals surface area contributed by atoms with Gasteiger partial charge in [0.2, 0.25) is 0 Å². The van der Waals surface area contributed by atoms with Crippen molar-refractivity contribution in [2.75, 3.05) is 0 Å². The first-order chi connectivity index (χ1) is 12.3. The van der Waals surface area contributed by atoms with E-state index in [4.69, 9.17) is 4.74 Å². The molecule has 128 valence electrons. The lowest BCUT2D eigenvalue weighted by atomic mass is 9.88. The van der Waals surface area contributed by atoms with E-state index in [1.807, 2.05) is 0 Å². The maximum Gasteiger partial charge on any atom is 0.335 e. The Morgan fingerprint density at radius 3 is 2.52 bits per heavy atom. The van der Waals surface area contributed by atoms with Gasteiger partial charge in [0.15, 0.2) is 0 Å². The summed E-state index contributed by atoms with van der Waals surface area (Å²) < 4.78 is 5.81. The van der Waals surface area contributed by atoms with Gasteiger partial charge in [0.05, 0.1) is 0 Å². The molecule has 2 aromatic rings. The molecule has 0 heterocycles. The van der Waals surface area contributed by atoms with Crippen molar-refractivity contribution in [3.63, 3.8) is 0 Å². The molecule has 4 rings (SSSR count). The molecule has 0 spiro atoms. The van der Waals surface area contributed by atoms with Gasteiger partial charge in [-0.25, -0.2) is 4.79 Å². The first kappa shape index (κ1) is 16.1. The van der Waals surface area contributed by atoms with Crippen molar-refractivity contribution < 1.29 is 9.53 Å². The number of fused-ring (bicyclic) bond motifs is 3. The standard InChI is InChI=1S/C23H24O2/c1-2-22(24)25-23-19(16-9-5-3-4-6-10-16)13-14-20-18-12-8-7-11-17(18)15-21(20)23/h2,7-8,11-14,16H,1,3-6,9-10,15H2. The van der Waals surface area contributed by atoms with Crippen molar-refractivity contribution in [2.45, 2.75) is 50.9 Å². The van der Waals surface area contributed by atoms with Crippen LogP contribution in [0.5, 0.6) is 5.75 Å². The Morgan fingerprint density at radius 2 is 1.76 bits per heavy atom. The largest absolute Gasteiger partial charge is 0.423 e. The van der Waals surface area contributed by atoms with Crippen LogP contribution < -0.4 is 4.74 Å². The molecule has 2 aliphatic rings. The Balaban J connectivity index is 1.81. The minimum Gasteiger partial charge on any atom is -0.423 e. The van der Waals surface area contributed by atoms with Crippen molar-refractivity contribution >= 4 is 5.97 Å². The summed E-state index contributed by atoms with van der Waals surface area (Å²) in [7, 11) is 0. The van der Waals surface area contributed by atoms with Crippen molar-refractivity contribution in [1.29, 1.82) is 0 Å². The summed E-state index contributed by atoms with van der Waals surface area (Å²) in [5.74, 6) is 0.925. The molecule has 1 fully saturated rings. The zero-order valence-corrected chi connectivity index (χ0v) is 14.6. The van der Waals surface area contributed by atoms with Gasteiger partial charge < -0.3 is 4.74 Å². The summed E-state index contributed by atoms with van der Waals surface area (Å²) in [5.41, 5.74) is 6.16. The summed E-state index contributed by atoms with van der Waals surface area (Å²) >= 11 is 0. The summed E-state index contributed by atoms with van der Waals surface area (Å²) in [5, 5.41) is 0. The monoisotopic (exact) mass is 332 g/mol. The van der Waals surface area contributed by atoms with Crippen molar-refractivity contribution in [1.82, 2.24) is 0 Å². The second-order valence-electron chi connectivity index (χ2n) is 7.16. The van der Waals surface area contributed by atoms with Crippen LogP contribution in [-0.4, -0.2) is 5.97 Å². The SMILES string of the molecule is C=CC(=O)Oc1c(C2CCCCCC2)ccc2c1Cc1ccccc1-2. The number of rotatable bonds is 3. The van der Waals surface area contributed by atoms with E-state index in [0.29, 0.717) is 5.92 Å².